The van der Waals surface area contributed by atoms with E-state index in [1.54, 1.807) is 0 Å². The Labute approximate surface area is 124 Å². The molecule has 4 nitrogen and oxygen atoms in total. The van der Waals surface area contributed by atoms with Crippen LogP contribution in [0.15, 0.2) is 22.7 Å². The van der Waals surface area contributed by atoms with Crippen molar-refractivity contribution >= 4 is 23.5 Å². The molecule has 0 aliphatic rings. The molecule has 0 unspecified atom stereocenters. The van der Waals surface area contributed by atoms with Crippen LogP contribution in [0, 0.1) is 0 Å². The second kappa shape index (κ2) is 7.09. The summed E-state index contributed by atoms with van der Waals surface area (Å²) < 4.78 is 50.7. The zero-order valence-corrected chi connectivity index (χ0v) is 13.6. The van der Waals surface area contributed by atoms with E-state index in [4.69, 9.17) is 14.2 Å². The van der Waals surface area contributed by atoms with Crippen molar-refractivity contribution in [1.82, 2.24) is 0 Å². The van der Waals surface area contributed by atoms with E-state index in [-0.39, 0.29) is 24.3 Å². The van der Waals surface area contributed by atoms with Crippen LogP contribution in [0.4, 0.5) is 8.78 Å². The Kier molecular flexibility index (Phi) is 6.28. The first kappa shape index (κ1) is 17.7. The molecule has 0 spiro atoms. The van der Waals surface area contributed by atoms with Gasteiger partial charge in [0.2, 0.25) is 0 Å². The Balaban J connectivity index is 3.29. The first-order chi connectivity index (χ1) is 9.32. The second-order valence-corrected chi connectivity index (χ2v) is 6.77. The SMILES string of the molecule is CCOP(=O)(OCC)C(F)(F)c1ccc(CO)cc1Br. The monoisotopic (exact) mass is 372 g/mol. The Morgan fingerprint density at radius 2 is 1.85 bits per heavy atom. The van der Waals surface area contributed by atoms with Crippen molar-refractivity contribution in [3.05, 3.63) is 33.8 Å². The molecule has 20 heavy (non-hydrogen) atoms. The van der Waals surface area contributed by atoms with Gasteiger partial charge in [-0.05, 0) is 25.5 Å². The van der Waals surface area contributed by atoms with Crippen LogP contribution in [-0.4, -0.2) is 18.3 Å². The number of benzene rings is 1. The van der Waals surface area contributed by atoms with Crippen LogP contribution in [0.3, 0.4) is 0 Å². The first-order valence-corrected chi connectivity index (χ1v) is 8.32. The minimum Gasteiger partial charge on any atom is -0.392 e. The third kappa shape index (κ3) is 3.46. The lowest BCUT2D eigenvalue weighted by Crippen LogP contribution is -2.19. The molecule has 0 amide bonds. The molecule has 0 saturated heterocycles. The number of aliphatic hydroxyl groups excluding tert-OH is 1. The lowest BCUT2D eigenvalue weighted by atomic mass is 10.1. The highest BCUT2D eigenvalue weighted by Crippen LogP contribution is 2.67. The van der Waals surface area contributed by atoms with Crippen LogP contribution >= 0.6 is 23.5 Å². The molecule has 0 bridgehead atoms. The zero-order chi connectivity index (χ0) is 15.4. The molecule has 114 valence electrons. The third-order valence-electron chi connectivity index (χ3n) is 2.48. The van der Waals surface area contributed by atoms with E-state index in [1.807, 2.05) is 0 Å². The molecule has 8 heteroatoms. The van der Waals surface area contributed by atoms with Gasteiger partial charge in [-0.2, -0.15) is 8.78 Å². The van der Waals surface area contributed by atoms with Crippen molar-refractivity contribution in [1.29, 1.82) is 0 Å². The molecule has 0 radical (unpaired) electrons. The van der Waals surface area contributed by atoms with Gasteiger partial charge in [-0.1, -0.05) is 28.1 Å². The standard InChI is InChI=1S/C12H16BrF2O4P/c1-3-18-20(17,19-4-2)12(14,15)10-6-5-9(8-16)7-11(10)13/h5-7,16H,3-4,8H2,1-2H3. The minimum atomic E-state index is -4.62. The third-order valence-corrected chi connectivity index (χ3v) is 5.26. The maximum Gasteiger partial charge on any atom is 0.404 e. The van der Waals surface area contributed by atoms with E-state index in [1.165, 1.54) is 26.0 Å². The number of hydrogen-bond donors (Lipinski definition) is 1. The van der Waals surface area contributed by atoms with Crippen molar-refractivity contribution in [2.45, 2.75) is 26.1 Å². The summed E-state index contributed by atoms with van der Waals surface area (Å²) >= 11 is 3.00. The maximum absolute atomic E-state index is 14.5. The normalized spacial score (nSPS) is 12.7. The highest BCUT2D eigenvalue weighted by molar-refractivity contribution is 9.10. The van der Waals surface area contributed by atoms with Crippen LogP contribution < -0.4 is 0 Å². The summed E-state index contributed by atoms with van der Waals surface area (Å²) in [7, 11) is -4.62. The van der Waals surface area contributed by atoms with E-state index in [0.717, 1.165) is 6.07 Å². The summed E-state index contributed by atoms with van der Waals surface area (Å²) in [6.07, 6.45) is 0. The quantitative estimate of drug-likeness (QED) is 0.726. The van der Waals surface area contributed by atoms with E-state index >= 15 is 0 Å². The molecule has 1 rings (SSSR count). The van der Waals surface area contributed by atoms with Gasteiger partial charge >= 0.3 is 13.3 Å². The summed E-state index contributed by atoms with van der Waals surface area (Å²) in [5.41, 5.74) is -3.83. The van der Waals surface area contributed by atoms with Gasteiger partial charge in [0.15, 0.2) is 0 Å². The fraction of sp³-hybridized carbons (Fsp3) is 0.500. The average molecular weight is 373 g/mol. The summed E-state index contributed by atoms with van der Waals surface area (Å²) in [5.74, 6) is 0. The number of hydrogen-bond acceptors (Lipinski definition) is 4. The Morgan fingerprint density at radius 1 is 1.30 bits per heavy atom. The van der Waals surface area contributed by atoms with Gasteiger partial charge in [0, 0.05) is 10.0 Å². The van der Waals surface area contributed by atoms with Gasteiger partial charge in [-0.15, -0.1) is 0 Å². The predicted molar refractivity (Wildman–Crippen MR) is 74.8 cm³/mol. The van der Waals surface area contributed by atoms with Crippen LogP contribution in [0.1, 0.15) is 25.0 Å². The largest absolute Gasteiger partial charge is 0.404 e. The molecule has 1 aromatic carbocycles. The van der Waals surface area contributed by atoms with Crippen LogP contribution in [0.25, 0.3) is 0 Å². The molecule has 0 saturated carbocycles. The topological polar surface area (TPSA) is 55.8 Å². The van der Waals surface area contributed by atoms with Crippen molar-refractivity contribution in [2.75, 3.05) is 13.2 Å². The number of halogens is 3. The summed E-state index contributed by atoms with van der Waals surface area (Å²) in [5, 5.41) is 8.97. The van der Waals surface area contributed by atoms with Crippen molar-refractivity contribution in [3.8, 4) is 0 Å². The van der Waals surface area contributed by atoms with Crippen LogP contribution in [0.2, 0.25) is 0 Å². The Hall–Kier alpha value is -0.330. The zero-order valence-electron chi connectivity index (χ0n) is 11.1. The molecule has 0 heterocycles. The smallest absolute Gasteiger partial charge is 0.392 e. The fourth-order valence-corrected chi connectivity index (χ4v) is 3.98. The lowest BCUT2D eigenvalue weighted by Gasteiger charge is -2.26. The van der Waals surface area contributed by atoms with E-state index in [9.17, 15) is 13.3 Å². The van der Waals surface area contributed by atoms with E-state index in [2.05, 4.69) is 15.9 Å². The lowest BCUT2D eigenvalue weighted by molar-refractivity contribution is 0.0354. The first-order valence-electron chi connectivity index (χ1n) is 5.99. The molecule has 0 aliphatic heterocycles. The maximum atomic E-state index is 14.5. The summed E-state index contributed by atoms with van der Waals surface area (Å²) in [6.45, 7) is 2.34. The molecule has 0 fully saturated rings. The molecular weight excluding hydrogens is 357 g/mol. The van der Waals surface area contributed by atoms with Gasteiger partial charge in [0.25, 0.3) is 0 Å². The number of rotatable bonds is 7. The highest BCUT2D eigenvalue weighted by Gasteiger charge is 2.55. The van der Waals surface area contributed by atoms with Crippen molar-refractivity contribution in [2.24, 2.45) is 0 Å². The molecular formula is C12H16BrF2O4P. The van der Waals surface area contributed by atoms with Gasteiger partial charge in [-0.25, -0.2) is 0 Å². The average Bonchev–Trinajstić information content (AvgIpc) is 2.38. The molecule has 0 atom stereocenters. The Bertz CT molecular complexity index is 500. The van der Waals surface area contributed by atoms with Crippen LogP contribution in [-0.2, 0) is 25.9 Å². The summed E-state index contributed by atoms with van der Waals surface area (Å²) in [4.78, 5) is 0. The van der Waals surface area contributed by atoms with Crippen molar-refractivity contribution < 1.29 is 27.5 Å². The predicted octanol–water partition coefficient (Wildman–Crippen LogP) is 4.26. The molecule has 0 aromatic heterocycles. The second-order valence-electron chi connectivity index (χ2n) is 3.85. The highest BCUT2D eigenvalue weighted by atomic mass is 79.9. The Morgan fingerprint density at radius 3 is 2.25 bits per heavy atom. The number of alkyl halides is 2. The molecule has 1 N–H and O–H groups in total. The van der Waals surface area contributed by atoms with Crippen molar-refractivity contribution in [3.63, 3.8) is 0 Å². The number of aliphatic hydroxyl groups is 1. The van der Waals surface area contributed by atoms with E-state index < -0.39 is 18.8 Å². The van der Waals surface area contributed by atoms with Gasteiger partial charge in [-0.3, -0.25) is 4.57 Å². The molecule has 1 aromatic rings. The molecule has 0 aliphatic carbocycles. The van der Waals surface area contributed by atoms with Gasteiger partial charge < -0.3 is 14.2 Å². The fourth-order valence-electron chi connectivity index (χ4n) is 1.59. The minimum absolute atomic E-state index is 0.0358. The van der Waals surface area contributed by atoms with Crippen LogP contribution in [0.5, 0.6) is 0 Å². The van der Waals surface area contributed by atoms with Gasteiger partial charge in [0.05, 0.1) is 19.8 Å². The van der Waals surface area contributed by atoms with Gasteiger partial charge in [0.1, 0.15) is 0 Å². The van der Waals surface area contributed by atoms with E-state index in [0.29, 0.717) is 5.56 Å². The summed E-state index contributed by atoms with van der Waals surface area (Å²) in [6, 6.07) is 3.77.